The number of carbonyl (C=O) groups is 1. The summed E-state index contributed by atoms with van der Waals surface area (Å²) in [5.41, 5.74) is 0.964. The molecule has 0 radical (unpaired) electrons. The zero-order valence-corrected chi connectivity index (χ0v) is 10.1. The molecule has 0 fully saturated rings. The second-order valence-electron chi connectivity index (χ2n) is 3.29. The average Bonchev–Trinajstić information content (AvgIpc) is 2.71. The molecule has 2 aromatic rings. The summed E-state index contributed by atoms with van der Waals surface area (Å²) in [6.45, 7) is 1.92. The van der Waals surface area contributed by atoms with Crippen molar-refractivity contribution in [1.82, 2.24) is 0 Å². The molecule has 2 nitrogen and oxygen atoms in total. The smallest absolute Gasteiger partial charge is 0.181 e. The first-order valence-electron chi connectivity index (χ1n) is 4.68. The van der Waals surface area contributed by atoms with Gasteiger partial charge in [0.25, 0.3) is 0 Å². The Hall–Kier alpha value is -1.32. The number of carbonyl (C=O) groups excluding carboxylic acids is 1. The summed E-state index contributed by atoms with van der Waals surface area (Å²) in [6, 6.07) is 8.97. The number of ether oxygens (including phenoxy) is 1. The maximum Gasteiger partial charge on any atom is 0.181 e. The van der Waals surface area contributed by atoms with Gasteiger partial charge in [0, 0.05) is 5.02 Å². The predicted molar refractivity (Wildman–Crippen MR) is 66.0 cm³/mol. The fraction of sp³-hybridized carbons (Fsp3) is 0.0833. The summed E-state index contributed by atoms with van der Waals surface area (Å²) in [6.07, 6.45) is 0.810. The molecule has 0 aliphatic carbocycles. The first kappa shape index (κ1) is 11.2. The van der Waals surface area contributed by atoms with Crippen LogP contribution in [0, 0.1) is 6.92 Å². The topological polar surface area (TPSA) is 26.3 Å². The van der Waals surface area contributed by atoms with Gasteiger partial charge in [-0.2, -0.15) is 0 Å². The standard InChI is InChI=1S/C12H9ClO2S/c1-8-6-9(2-4-11(8)13)15-12-5-3-10(7-14)16-12/h2-7H,1H3. The molecule has 0 unspecified atom stereocenters. The number of benzene rings is 1. The van der Waals surface area contributed by atoms with Crippen LogP contribution in [0.3, 0.4) is 0 Å². The van der Waals surface area contributed by atoms with Crippen LogP contribution < -0.4 is 4.74 Å². The number of aryl methyl sites for hydroxylation is 1. The maximum atomic E-state index is 10.5. The van der Waals surface area contributed by atoms with Crippen molar-refractivity contribution >= 4 is 29.2 Å². The van der Waals surface area contributed by atoms with Gasteiger partial charge in [0.2, 0.25) is 0 Å². The SMILES string of the molecule is Cc1cc(Oc2ccc(C=O)s2)ccc1Cl. The molecular formula is C12H9ClO2S. The molecule has 1 heterocycles. The summed E-state index contributed by atoms with van der Waals surface area (Å²) in [7, 11) is 0. The summed E-state index contributed by atoms with van der Waals surface area (Å²) in [5.74, 6) is 0.723. The minimum atomic E-state index is 0.653. The summed E-state index contributed by atoms with van der Waals surface area (Å²) < 4.78 is 5.60. The molecule has 1 aromatic heterocycles. The Kier molecular flexibility index (Phi) is 3.27. The number of halogens is 1. The van der Waals surface area contributed by atoms with E-state index < -0.39 is 0 Å². The first-order chi connectivity index (χ1) is 7.69. The molecule has 2 rings (SSSR count). The molecule has 0 aliphatic rings. The molecule has 0 aliphatic heterocycles. The van der Waals surface area contributed by atoms with Crippen LogP contribution in [0.2, 0.25) is 5.02 Å². The zero-order valence-electron chi connectivity index (χ0n) is 8.57. The van der Waals surface area contributed by atoms with Crippen LogP contribution in [-0.2, 0) is 0 Å². The van der Waals surface area contributed by atoms with E-state index in [9.17, 15) is 4.79 Å². The highest BCUT2D eigenvalue weighted by Crippen LogP contribution is 2.30. The van der Waals surface area contributed by atoms with Crippen molar-refractivity contribution in [1.29, 1.82) is 0 Å². The monoisotopic (exact) mass is 252 g/mol. The fourth-order valence-corrected chi connectivity index (χ4v) is 2.06. The van der Waals surface area contributed by atoms with Crippen molar-refractivity contribution in [2.45, 2.75) is 6.92 Å². The van der Waals surface area contributed by atoms with E-state index in [-0.39, 0.29) is 0 Å². The van der Waals surface area contributed by atoms with Gasteiger partial charge in [-0.05, 0) is 42.8 Å². The normalized spacial score (nSPS) is 10.1. The van der Waals surface area contributed by atoms with Crippen molar-refractivity contribution in [3.63, 3.8) is 0 Å². The number of rotatable bonds is 3. The van der Waals surface area contributed by atoms with Gasteiger partial charge in [-0.15, -0.1) is 0 Å². The van der Waals surface area contributed by atoms with E-state index in [1.165, 1.54) is 11.3 Å². The second kappa shape index (κ2) is 4.68. The van der Waals surface area contributed by atoms with Crippen LogP contribution in [-0.4, -0.2) is 6.29 Å². The van der Waals surface area contributed by atoms with Crippen LogP contribution in [0.25, 0.3) is 0 Å². The minimum Gasteiger partial charge on any atom is -0.447 e. The third-order valence-electron chi connectivity index (χ3n) is 2.07. The molecule has 0 saturated carbocycles. The molecular weight excluding hydrogens is 244 g/mol. The molecule has 0 bridgehead atoms. The van der Waals surface area contributed by atoms with Gasteiger partial charge >= 0.3 is 0 Å². The zero-order chi connectivity index (χ0) is 11.5. The number of hydrogen-bond acceptors (Lipinski definition) is 3. The molecule has 0 N–H and O–H groups in total. The predicted octanol–water partition coefficient (Wildman–Crippen LogP) is 4.31. The Morgan fingerprint density at radius 2 is 2.12 bits per heavy atom. The highest BCUT2D eigenvalue weighted by molar-refractivity contribution is 7.15. The van der Waals surface area contributed by atoms with Crippen molar-refractivity contribution in [2.75, 3.05) is 0 Å². The van der Waals surface area contributed by atoms with E-state index in [0.29, 0.717) is 15.0 Å². The highest BCUT2D eigenvalue weighted by Gasteiger charge is 2.03. The molecule has 0 atom stereocenters. The molecule has 1 aromatic carbocycles. The van der Waals surface area contributed by atoms with Gasteiger partial charge in [0.1, 0.15) is 5.75 Å². The Morgan fingerprint density at radius 1 is 1.31 bits per heavy atom. The molecule has 16 heavy (non-hydrogen) atoms. The Balaban J connectivity index is 2.20. The quantitative estimate of drug-likeness (QED) is 0.761. The van der Waals surface area contributed by atoms with Crippen LogP contribution in [0.5, 0.6) is 10.8 Å². The maximum absolute atomic E-state index is 10.5. The van der Waals surface area contributed by atoms with Gasteiger partial charge < -0.3 is 4.74 Å². The van der Waals surface area contributed by atoms with Gasteiger partial charge in [0.05, 0.1) is 4.88 Å². The second-order valence-corrected chi connectivity index (χ2v) is 4.77. The lowest BCUT2D eigenvalue weighted by molar-refractivity contribution is 0.112. The van der Waals surface area contributed by atoms with Gasteiger partial charge in [-0.1, -0.05) is 22.9 Å². The van der Waals surface area contributed by atoms with Gasteiger partial charge in [-0.3, -0.25) is 4.79 Å². The average molecular weight is 253 g/mol. The first-order valence-corrected chi connectivity index (χ1v) is 5.87. The van der Waals surface area contributed by atoms with Crippen molar-refractivity contribution in [3.05, 3.63) is 45.8 Å². The van der Waals surface area contributed by atoms with E-state index in [1.54, 1.807) is 24.3 Å². The number of hydrogen-bond donors (Lipinski definition) is 0. The molecule has 4 heteroatoms. The largest absolute Gasteiger partial charge is 0.447 e. The van der Waals surface area contributed by atoms with Crippen molar-refractivity contribution in [2.24, 2.45) is 0 Å². The highest BCUT2D eigenvalue weighted by atomic mass is 35.5. The lowest BCUT2D eigenvalue weighted by atomic mass is 10.2. The number of aldehydes is 1. The summed E-state index contributed by atoms with van der Waals surface area (Å²) in [5, 5.41) is 1.41. The van der Waals surface area contributed by atoms with Gasteiger partial charge in [-0.25, -0.2) is 0 Å². The lowest BCUT2D eigenvalue weighted by Crippen LogP contribution is -1.82. The van der Waals surface area contributed by atoms with Crippen LogP contribution in [0.1, 0.15) is 15.2 Å². The number of thiophene rings is 1. The Bertz CT molecular complexity index is 519. The van der Waals surface area contributed by atoms with E-state index in [0.717, 1.165) is 17.6 Å². The van der Waals surface area contributed by atoms with E-state index in [1.807, 2.05) is 13.0 Å². The molecule has 82 valence electrons. The van der Waals surface area contributed by atoms with Crippen LogP contribution in [0.15, 0.2) is 30.3 Å². The fourth-order valence-electron chi connectivity index (χ4n) is 1.25. The third kappa shape index (κ3) is 2.43. The molecule has 0 saturated heterocycles. The lowest BCUT2D eigenvalue weighted by Gasteiger charge is -2.04. The summed E-state index contributed by atoms with van der Waals surface area (Å²) in [4.78, 5) is 11.2. The van der Waals surface area contributed by atoms with Crippen molar-refractivity contribution in [3.8, 4) is 10.8 Å². The van der Waals surface area contributed by atoms with E-state index >= 15 is 0 Å². The molecule has 0 amide bonds. The van der Waals surface area contributed by atoms with Crippen molar-refractivity contribution < 1.29 is 9.53 Å². The van der Waals surface area contributed by atoms with Gasteiger partial charge in [0.15, 0.2) is 11.3 Å². The van der Waals surface area contributed by atoms with E-state index in [4.69, 9.17) is 16.3 Å². The summed E-state index contributed by atoms with van der Waals surface area (Å²) >= 11 is 7.23. The van der Waals surface area contributed by atoms with Crippen LogP contribution >= 0.6 is 22.9 Å². The Morgan fingerprint density at radius 3 is 2.75 bits per heavy atom. The van der Waals surface area contributed by atoms with Crippen LogP contribution in [0.4, 0.5) is 0 Å². The van der Waals surface area contributed by atoms with E-state index in [2.05, 4.69) is 0 Å². The third-order valence-corrected chi connectivity index (χ3v) is 3.38. The molecule has 0 spiro atoms. The Labute approximate surface area is 102 Å². The minimum absolute atomic E-state index is 0.653.